The first kappa shape index (κ1) is 25.8. The Balaban J connectivity index is 1.45. The molecule has 0 aliphatic heterocycles. The number of nitriles is 1. The molecule has 15 heteroatoms. The summed E-state index contributed by atoms with van der Waals surface area (Å²) in [5, 5.41) is 22.0. The van der Waals surface area contributed by atoms with Crippen LogP contribution in [0, 0.1) is 22.7 Å². The molecule has 0 aromatic carbocycles. The summed E-state index contributed by atoms with van der Waals surface area (Å²) in [5.41, 5.74) is -1.17. The minimum Gasteiger partial charge on any atom is -0.441 e. The van der Waals surface area contributed by atoms with Gasteiger partial charge in [0, 0.05) is 18.8 Å². The molecule has 1 fully saturated rings. The van der Waals surface area contributed by atoms with E-state index in [1.54, 1.807) is 19.1 Å². The van der Waals surface area contributed by atoms with Crippen molar-refractivity contribution in [2.75, 3.05) is 10.6 Å². The molecule has 3 aromatic heterocycles. The minimum absolute atomic E-state index is 0.0798. The van der Waals surface area contributed by atoms with Gasteiger partial charge in [-0.15, -0.1) is 5.10 Å². The maximum Gasteiger partial charge on any atom is 0.413 e. The van der Waals surface area contributed by atoms with Crippen molar-refractivity contribution in [1.29, 1.82) is 5.26 Å². The maximum absolute atomic E-state index is 13.0. The highest BCUT2D eigenvalue weighted by Gasteiger charge is 2.71. The Bertz CT molecular complexity index is 1390. The molecular weight excluding hydrogens is 517 g/mol. The van der Waals surface area contributed by atoms with Crippen molar-refractivity contribution in [3.05, 3.63) is 47.4 Å². The van der Waals surface area contributed by atoms with Crippen molar-refractivity contribution in [3.63, 3.8) is 0 Å². The number of hydrogen-bond donors (Lipinski definition) is 2. The number of hydrogen-bond acceptors (Lipinski definition) is 8. The Morgan fingerprint density at radius 3 is 2.65 bits per heavy atom. The zero-order chi connectivity index (χ0) is 27.0. The van der Waals surface area contributed by atoms with Gasteiger partial charge < -0.3 is 10.1 Å². The zero-order valence-corrected chi connectivity index (χ0v) is 20.0. The molecular formula is C22H18ClF3N8O3. The van der Waals surface area contributed by atoms with Crippen LogP contribution in [0.15, 0.2) is 36.7 Å². The van der Waals surface area contributed by atoms with Crippen LogP contribution in [0.5, 0.6) is 0 Å². The van der Waals surface area contributed by atoms with Crippen molar-refractivity contribution < 1.29 is 27.5 Å². The van der Waals surface area contributed by atoms with Crippen LogP contribution in [0.1, 0.15) is 25.0 Å². The lowest BCUT2D eigenvalue weighted by molar-refractivity contribution is -0.157. The second-order valence-corrected chi connectivity index (χ2v) is 8.59. The number of rotatable bonds is 6. The molecule has 3 atom stereocenters. The quantitative estimate of drug-likeness (QED) is 0.446. The first-order valence-corrected chi connectivity index (χ1v) is 11.1. The Labute approximate surface area is 212 Å². The molecule has 0 radical (unpaired) electrons. The minimum atomic E-state index is -4.65. The van der Waals surface area contributed by atoms with Gasteiger partial charge in [0.1, 0.15) is 16.7 Å². The predicted octanol–water partition coefficient (Wildman–Crippen LogP) is 4.27. The normalized spacial score (nSPS) is 19.4. The molecule has 3 aromatic rings. The molecule has 1 aliphatic carbocycles. The number of anilines is 2. The zero-order valence-electron chi connectivity index (χ0n) is 19.2. The maximum atomic E-state index is 13.0. The number of nitrogens with one attached hydrogen (secondary N) is 2. The molecule has 0 unspecified atom stereocenters. The van der Waals surface area contributed by atoms with Gasteiger partial charge in [-0.2, -0.15) is 18.4 Å². The second-order valence-electron chi connectivity index (χ2n) is 8.23. The monoisotopic (exact) mass is 534 g/mol. The van der Waals surface area contributed by atoms with E-state index in [1.165, 1.54) is 42.3 Å². The number of ether oxygens (including phenoxy) is 1. The summed E-state index contributed by atoms with van der Waals surface area (Å²) in [7, 11) is 1.52. The lowest BCUT2D eigenvalue weighted by Crippen LogP contribution is -2.29. The van der Waals surface area contributed by atoms with Gasteiger partial charge in [-0.25, -0.2) is 14.5 Å². The van der Waals surface area contributed by atoms with Crippen LogP contribution in [0.25, 0.3) is 11.4 Å². The number of amides is 2. The van der Waals surface area contributed by atoms with Crippen molar-refractivity contribution >= 4 is 35.1 Å². The third-order valence-electron chi connectivity index (χ3n) is 5.78. The van der Waals surface area contributed by atoms with Crippen LogP contribution in [-0.4, -0.2) is 43.1 Å². The van der Waals surface area contributed by atoms with E-state index in [4.69, 9.17) is 16.3 Å². The van der Waals surface area contributed by atoms with Crippen LogP contribution < -0.4 is 10.6 Å². The fraction of sp³-hybridized carbons (Fsp3) is 0.318. The van der Waals surface area contributed by atoms with E-state index in [-0.39, 0.29) is 28.0 Å². The highest BCUT2D eigenvalue weighted by Crippen LogP contribution is 2.60. The lowest BCUT2D eigenvalue weighted by Gasteiger charge is -2.15. The number of carbonyl (C=O) groups is 2. The van der Waals surface area contributed by atoms with Gasteiger partial charge in [-0.1, -0.05) is 22.9 Å². The topological polar surface area (TPSA) is 148 Å². The van der Waals surface area contributed by atoms with Crippen molar-refractivity contribution in [3.8, 4) is 17.5 Å². The van der Waals surface area contributed by atoms with Crippen LogP contribution in [0.2, 0.25) is 5.15 Å². The van der Waals surface area contributed by atoms with Crippen LogP contribution >= 0.6 is 11.6 Å². The summed E-state index contributed by atoms with van der Waals surface area (Å²) in [6.45, 7) is 1.62. The summed E-state index contributed by atoms with van der Waals surface area (Å²) >= 11 is 6.04. The lowest BCUT2D eigenvalue weighted by atomic mass is 10.0. The molecule has 192 valence electrons. The molecule has 2 amide bonds. The summed E-state index contributed by atoms with van der Waals surface area (Å²) in [6.07, 6.45) is -4.09. The van der Waals surface area contributed by atoms with Gasteiger partial charge in [0.25, 0.3) is 0 Å². The van der Waals surface area contributed by atoms with E-state index < -0.39 is 42.0 Å². The SMILES string of the molecule is C[C@@H](OC(=O)Nc1c(-c2ccc(NC(=O)[C@]3(C#N)C[C@H]3C(F)(F)F)cn2)nnn1C)c1cccnc1Cl. The third kappa shape index (κ3) is 5.17. The Morgan fingerprint density at radius 1 is 1.30 bits per heavy atom. The fourth-order valence-corrected chi connectivity index (χ4v) is 3.93. The average molecular weight is 535 g/mol. The second kappa shape index (κ2) is 9.66. The molecule has 1 saturated carbocycles. The number of carbonyl (C=O) groups excluding carboxylic acids is 2. The number of aromatic nitrogens is 5. The Hall–Kier alpha value is -4.25. The Morgan fingerprint density at radius 2 is 2.05 bits per heavy atom. The van der Waals surface area contributed by atoms with E-state index in [2.05, 4.69) is 30.9 Å². The number of nitrogens with zero attached hydrogens (tertiary/aromatic N) is 6. The van der Waals surface area contributed by atoms with Gasteiger partial charge in [-0.3, -0.25) is 15.1 Å². The van der Waals surface area contributed by atoms with Crippen LogP contribution in [0.3, 0.4) is 0 Å². The van der Waals surface area contributed by atoms with Crippen molar-refractivity contribution in [2.45, 2.75) is 25.6 Å². The molecule has 1 aliphatic rings. The van der Waals surface area contributed by atoms with Gasteiger partial charge in [0.15, 0.2) is 11.5 Å². The largest absolute Gasteiger partial charge is 0.441 e. The smallest absolute Gasteiger partial charge is 0.413 e. The predicted molar refractivity (Wildman–Crippen MR) is 123 cm³/mol. The number of aryl methyl sites for hydroxylation is 1. The number of pyridine rings is 2. The van der Waals surface area contributed by atoms with E-state index in [1.807, 2.05) is 0 Å². The molecule has 4 rings (SSSR count). The van der Waals surface area contributed by atoms with E-state index in [9.17, 15) is 28.0 Å². The molecule has 0 saturated heterocycles. The molecule has 3 heterocycles. The summed E-state index contributed by atoms with van der Waals surface area (Å²) in [4.78, 5) is 33.0. The van der Waals surface area contributed by atoms with E-state index >= 15 is 0 Å². The fourth-order valence-electron chi connectivity index (χ4n) is 3.66. The summed E-state index contributed by atoms with van der Waals surface area (Å²) < 4.78 is 45.5. The van der Waals surface area contributed by atoms with Crippen molar-refractivity contribution in [1.82, 2.24) is 25.0 Å². The third-order valence-corrected chi connectivity index (χ3v) is 6.10. The number of halogens is 4. The van der Waals surface area contributed by atoms with E-state index in [0.717, 1.165) is 0 Å². The van der Waals surface area contributed by atoms with Gasteiger partial charge in [0.05, 0.1) is 29.6 Å². The Kier molecular flexibility index (Phi) is 6.74. The molecule has 2 N–H and O–H groups in total. The van der Waals surface area contributed by atoms with Crippen molar-refractivity contribution in [2.24, 2.45) is 18.4 Å². The first-order chi connectivity index (χ1) is 17.5. The van der Waals surface area contributed by atoms with Crippen LogP contribution in [-0.2, 0) is 16.6 Å². The average Bonchev–Trinajstić information content (AvgIpc) is 3.53. The highest BCUT2D eigenvalue weighted by atomic mass is 35.5. The van der Waals surface area contributed by atoms with Gasteiger partial charge in [0.2, 0.25) is 5.91 Å². The summed E-state index contributed by atoms with van der Waals surface area (Å²) in [5.74, 6) is -2.92. The molecule has 0 bridgehead atoms. The van der Waals surface area contributed by atoms with E-state index in [0.29, 0.717) is 5.56 Å². The van der Waals surface area contributed by atoms with Gasteiger partial charge in [-0.05, 0) is 31.5 Å². The first-order valence-electron chi connectivity index (χ1n) is 10.7. The van der Waals surface area contributed by atoms with Gasteiger partial charge >= 0.3 is 12.3 Å². The molecule has 0 spiro atoms. The highest BCUT2D eigenvalue weighted by molar-refractivity contribution is 6.30. The number of alkyl halides is 3. The molecule has 11 nitrogen and oxygen atoms in total. The standard InChI is InChI=1S/C22H18ClF3N8O3/c1-11(13-4-3-7-28-17(13)23)37-20(36)31-18-16(32-33-34(18)2)14-6-5-12(9-29-14)30-19(35)21(10-27)8-15(21)22(24,25)26/h3-7,9,11,15H,8H2,1-2H3,(H,30,35)(H,31,36)/t11-,15-,21+/m1/s1. The molecule has 37 heavy (non-hydrogen) atoms. The van der Waals surface area contributed by atoms with Crippen LogP contribution in [0.4, 0.5) is 29.5 Å². The summed E-state index contributed by atoms with van der Waals surface area (Å²) in [6, 6.07) is 7.60.